The van der Waals surface area contributed by atoms with Crippen LogP contribution in [-0.2, 0) is 6.54 Å². The molecule has 2 aromatic rings. The summed E-state index contributed by atoms with van der Waals surface area (Å²) in [6.45, 7) is 2.67. The molecule has 0 aliphatic carbocycles. The van der Waals surface area contributed by atoms with E-state index in [0.29, 0.717) is 11.7 Å². The summed E-state index contributed by atoms with van der Waals surface area (Å²) in [5.74, 6) is 0. The zero-order valence-electron chi connectivity index (χ0n) is 9.60. The van der Waals surface area contributed by atoms with Gasteiger partial charge in [-0.05, 0) is 24.6 Å². The fourth-order valence-corrected chi connectivity index (χ4v) is 1.62. The molecule has 0 spiro atoms. The van der Waals surface area contributed by atoms with Gasteiger partial charge < -0.3 is 0 Å². The second-order valence-corrected chi connectivity index (χ2v) is 4.19. The summed E-state index contributed by atoms with van der Waals surface area (Å²) in [7, 11) is 0. The van der Waals surface area contributed by atoms with Crippen molar-refractivity contribution in [3.63, 3.8) is 0 Å². The zero-order valence-corrected chi connectivity index (χ0v) is 10.4. The molecule has 0 unspecified atom stereocenters. The number of hydrogen-bond acceptors (Lipinski definition) is 2. The Morgan fingerprint density at radius 2 is 1.76 bits per heavy atom. The molecule has 0 aliphatic heterocycles. The predicted molar refractivity (Wildman–Crippen MR) is 71.5 cm³/mol. The Kier molecular flexibility index (Phi) is 3.89. The van der Waals surface area contributed by atoms with E-state index in [2.05, 4.69) is 41.2 Å². The molecule has 0 N–H and O–H groups in total. The Hall–Kier alpha value is -1.67. The molecule has 0 saturated carbocycles. The van der Waals surface area contributed by atoms with Gasteiger partial charge in [0, 0.05) is 18.0 Å². The summed E-state index contributed by atoms with van der Waals surface area (Å²) in [5.41, 5.74) is 3.30. The molecule has 86 valence electrons. The summed E-state index contributed by atoms with van der Waals surface area (Å²) < 4.78 is 0. The van der Waals surface area contributed by atoms with Crippen molar-refractivity contribution in [3.05, 3.63) is 65.5 Å². The molecule has 3 heteroatoms. The first-order chi connectivity index (χ1) is 8.25. The van der Waals surface area contributed by atoms with Crippen LogP contribution in [-0.4, -0.2) is 10.2 Å². The molecule has 0 saturated heterocycles. The van der Waals surface area contributed by atoms with Gasteiger partial charge in [0.1, 0.15) is 5.17 Å². The fraction of sp³-hybridized carbons (Fsp3) is 0.143. The summed E-state index contributed by atoms with van der Waals surface area (Å²) in [4.78, 5) is 8.29. The van der Waals surface area contributed by atoms with E-state index >= 15 is 0 Å². The first-order valence-corrected chi connectivity index (χ1v) is 5.79. The minimum Gasteiger partial charge on any atom is -0.268 e. The van der Waals surface area contributed by atoms with Crippen LogP contribution in [0.15, 0.2) is 53.8 Å². The number of aliphatic imine (C=N–C) groups is 1. The predicted octanol–water partition coefficient (Wildman–Crippen LogP) is 3.58. The summed E-state index contributed by atoms with van der Waals surface area (Å²) in [6, 6.07) is 12.0. The maximum absolute atomic E-state index is 6.11. The van der Waals surface area contributed by atoms with E-state index in [4.69, 9.17) is 11.6 Å². The van der Waals surface area contributed by atoms with Crippen molar-refractivity contribution in [1.29, 1.82) is 0 Å². The lowest BCUT2D eigenvalue weighted by molar-refractivity contribution is 1.07. The van der Waals surface area contributed by atoms with Gasteiger partial charge in [0.15, 0.2) is 0 Å². The minimum absolute atomic E-state index is 0.521. The molecule has 0 aliphatic rings. The molecule has 2 rings (SSSR count). The van der Waals surface area contributed by atoms with Gasteiger partial charge in [0.05, 0.1) is 6.54 Å². The number of pyridine rings is 1. The van der Waals surface area contributed by atoms with Crippen LogP contribution in [0.5, 0.6) is 0 Å². The lowest BCUT2D eigenvalue weighted by atomic mass is 10.1. The number of benzene rings is 1. The summed E-state index contributed by atoms with van der Waals surface area (Å²) in [6.07, 6.45) is 3.41. The van der Waals surface area contributed by atoms with Crippen LogP contribution in [0.1, 0.15) is 16.7 Å². The van der Waals surface area contributed by atoms with Crippen LogP contribution >= 0.6 is 11.6 Å². The first kappa shape index (κ1) is 11.8. The van der Waals surface area contributed by atoms with Crippen LogP contribution in [0.3, 0.4) is 0 Å². The standard InChI is InChI=1S/C14H13ClN2/c1-11-2-4-12(5-3-11)10-17-14(15)13-6-8-16-9-7-13/h2-9H,10H2,1H3. The van der Waals surface area contributed by atoms with Gasteiger partial charge in [-0.1, -0.05) is 41.4 Å². The van der Waals surface area contributed by atoms with Crippen molar-refractivity contribution in [3.8, 4) is 0 Å². The molecule has 2 nitrogen and oxygen atoms in total. The van der Waals surface area contributed by atoms with Gasteiger partial charge in [-0.25, -0.2) is 0 Å². The van der Waals surface area contributed by atoms with E-state index in [1.54, 1.807) is 12.4 Å². The Morgan fingerprint density at radius 3 is 2.41 bits per heavy atom. The van der Waals surface area contributed by atoms with E-state index in [0.717, 1.165) is 11.1 Å². The van der Waals surface area contributed by atoms with E-state index in [-0.39, 0.29) is 0 Å². The number of hydrogen-bond donors (Lipinski definition) is 0. The topological polar surface area (TPSA) is 25.2 Å². The molecular formula is C14H13ClN2. The Morgan fingerprint density at radius 1 is 1.12 bits per heavy atom. The highest BCUT2D eigenvalue weighted by Gasteiger charge is 1.98. The highest BCUT2D eigenvalue weighted by Crippen LogP contribution is 2.08. The van der Waals surface area contributed by atoms with Gasteiger partial charge >= 0.3 is 0 Å². The summed E-state index contributed by atoms with van der Waals surface area (Å²) >= 11 is 6.11. The maximum Gasteiger partial charge on any atom is 0.131 e. The molecule has 1 aromatic carbocycles. The Labute approximate surface area is 106 Å². The number of halogens is 1. The average molecular weight is 245 g/mol. The van der Waals surface area contributed by atoms with Crippen LogP contribution in [0.4, 0.5) is 0 Å². The van der Waals surface area contributed by atoms with Crippen LogP contribution < -0.4 is 0 Å². The summed E-state index contributed by atoms with van der Waals surface area (Å²) in [5, 5.41) is 0.521. The van der Waals surface area contributed by atoms with Crippen LogP contribution in [0, 0.1) is 6.92 Å². The molecule has 0 radical (unpaired) electrons. The largest absolute Gasteiger partial charge is 0.268 e. The van der Waals surface area contributed by atoms with Crippen LogP contribution in [0.25, 0.3) is 0 Å². The third kappa shape index (κ3) is 3.40. The molecule has 1 heterocycles. The highest BCUT2D eigenvalue weighted by molar-refractivity contribution is 6.69. The third-order valence-corrected chi connectivity index (χ3v) is 2.78. The van der Waals surface area contributed by atoms with Gasteiger partial charge in [-0.3, -0.25) is 9.98 Å². The van der Waals surface area contributed by atoms with Crippen molar-refractivity contribution in [1.82, 2.24) is 4.98 Å². The zero-order chi connectivity index (χ0) is 12.1. The second kappa shape index (κ2) is 5.60. The quantitative estimate of drug-likeness (QED) is 0.758. The lowest BCUT2D eigenvalue weighted by Gasteiger charge is -2.00. The van der Waals surface area contributed by atoms with Gasteiger partial charge in [0.2, 0.25) is 0 Å². The number of rotatable bonds is 3. The van der Waals surface area contributed by atoms with Gasteiger partial charge in [0.25, 0.3) is 0 Å². The Balaban J connectivity index is 2.08. The van der Waals surface area contributed by atoms with Crippen molar-refractivity contribution in [2.24, 2.45) is 4.99 Å². The van der Waals surface area contributed by atoms with Crippen molar-refractivity contribution >= 4 is 16.8 Å². The van der Waals surface area contributed by atoms with E-state index in [1.807, 2.05) is 12.1 Å². The molecule has 17 heavy (non-hydrogen) atoms. The number of aromatic nitrogens is 1. The first-order valence-electron chi connectivity index (χ1n) is 5.41. The normalized spacial score (nSPS) is 11.5. The van der Waals surface area contributed by atoms with E-state index < -0.39 is 0 Å². The molecule has 0 fully saturated rings. The van der Waals surface area contributed by atoms with Crippen molar-refractivity contribution in [2.45, 2.75) is 13.5 Å². The second-order valence-electron chi connectivity index (χ2n) is 3.83. The van der Waals surface area contributed by atoms with E-state index in [1.165, 1.54) is 5.56 Å². The average Bonchev–Trinajstić information content (AvgIpc) is 2.39. The molecular weight excluding hydrogens is 232 g/mol. The minimum atomic E-state index is 0.521. The fourth-order valence-electron chi connectivity index (χ4n) is 1.43. The smallest absolute Gasteiger partial charge is 0.131 e. The monoisotopic (exact) mass is 244 g/mol. The highest BCUT2D eigenvalue weighted by atomic mass is 35.5. The molecule has 0 amide bonds. The molecule has 1 aromatic heterocycles. The van der Waals surface area contributed by atoms with Crippen molar-refractivity contribution in [2.75, 3.05) is 0 Å². The Bertz CT molecular complexity index is 504. The van der Waals surface area contributed by atoms with Crippen molar-refractivity contribution < 1.29 is 0 Å². The maximum atomic E-state index is 6.11. The SMILES string of the molecule is Cc1ccc(CN=C(Cl)c2ccncc2)cc1. The van der Waals surface area contributed by atoms with Crippen LogP contribution in [0.2, 0.25) is 0 Å². The molecule has 0 atom stereocenters. The van der Waals surface area contributed by atoms with Gasteiger partial charge in [-0.15, -0.1) is 0 Å². The number of nitrogens with zero attached hydrogens (tertiary/aromatic N) is 2. The lowest BCUT2D eigenvalue weighted by Crippen LogP contribution is -1.93. The molecule has 0 bridgehead atoms. The van der Waals surface area contributed by atoms with E-state index in [9.17, 15) is 0 Å². The third-order valence-electron chi connectivity index (χ3n) is 2.44. The van der Waals surface area contributed by atoms with Gasteiger partial charge in [-0.2, -0.15) is 0 Å². The number of aryl methyl sites for hydroxylation is 1.